The van der Waals surface area contributed by atoms with Crippen molar-refractivity contribution >= 4 is 35.0 Å². The highest BCUT2D eigenvalue weighted by Gasteiger charge is 2.10. The van der Waals surface area contributed by atoms with E-state index in [1.54, 1.807) is 18.9 Å². The van der Waals surface area contributed by atoms with Gasteiger partial charge in [-0.2, -0.15) is 0 Å². The first kappa shape index (κ1) is 21.0. The van der Waals surface area contributed by atoms with Crippen LogP contribution >= 0.6 is 35.0 Å². The molecular weight excluding hydrogens is 413 g/mol. The number of aromatic nitrogens is 3. The van der Waals surface area contributed by atoms with Gasteiger partial charge in [0.05, 0.1) is 17.2 Å². The lowest BCUT2D eigenvalue weighted by molar-refractivity contribution is 0.411. The van der Waals surface area contributed by atoms with Crippen LogP contribution in [-0.2, 0) is 25.6 Å². The summed E-state index contributed by atoms with van der Waals surface area (Å²) in [6.07, 6.45) is 2.92. The van der Waals surface area contributed by atoms with E-state index in [2.05, 4.69) is 33.8 Å². The first-order valence-electron chi connectivity index (χ1n) is 9.06. The van der Waals surface area contributed by atoms with Gasteiger partial charge in [-0.15, -0.1) is 10.2 Å². The summed E-state index contributed by atoms with van der Waals surface area (Å²) in [4.78, 5) is 0. The number of benzene rings is 2. The van der Waals surface area contributed by atoms with Crippen molar-refractivity contribution in [1.82, 2.24) is 14.8 Å². The molecule has 0 bridgehead atoms. The van der Waals surface area contributed by atoms with E-state index >= 15 is 0 Å². The number of nitrogens with zero attached hydrogens (tertiary/aromatic N) is 3. The van der Waals surface area contributed by atoms with Crippen molar-refractivity contribution in [2.45, 2.75) is 37.1 Å². The standard InChI is InChI=1S/C21H23Cl2N3OS/c1-14-11-15(8-10-19(14)27-3)5-4-6-20-24-25-21(26(20)2)28-13-16-7-9-17(22)18(23)12-16/h7-12H,4-6,13H2,1-3H3. The van der Waals surface area contributed by atoms with Gasteiger partial charge in [0.1, 0.15) is 11.6 Å². The minimum absolute atomic E-state index is 0.573. The maximum absolute atomic E-state index is 6.08. The van der Waals surface area contributed by atoms with E-state index in [4.69, 9.17) is 27.9 Å². The topological polar surface area (TPSA) is 39.9 Å². The first-order chi connectivity index (χ1) is 13.5. The second kappa shape index (κ2) is 9.68. The highest BCUT2D eigenvalue weighted by atomic mass is 35.5. The Morgan fingerprint density at radius 2 is 1.79 bits per heavy atom. The molecule has 3 aromatic rings. The fourth-order valence-electron chi connectivity index (χ4n) is 3.01. The Balaban J connectivity index is 1.54. The highest BCUT2D eigenvalue weighted by Crippen LogP contribution is 2.27. The molecule has 0 aliphatic rings. The molecule has 0 atom stereocenters. The predicted molar refractivity (Wildman–Crippen MR) is 117 cm³/mol. The molecule has 0 unspecified atom stereocenters. The molecule has 1 heterocycles. The lowest BCUT2D eigenvalue weighted by Crippen LogP contribution is -2.01. The minimum Gasteiger partial charge on any atom is -0.496 e. The lowest BCUT2D eigenvalue weighted by atomic mass is 10.0. The third kappa shape index (κ3) is 5.22. The van der Waals surface area contributed by atoms with E-state index in [0.29, 0.717) is 10.0 Å². The predicted octanol–water partition coefficient (Wildman–Crippen LogP) is 5.91. The van der Waals surface area contributed by atoms with Gasteiger partial charge in [0, 0.05) is 19.2 Å². The summed E-state index contributed by atoms with van der Waals surface area (Å²) in [7, 11) is 3.72. The summed E-state index contributed by atoms with van der Waals surface area (Å²) in [6.45, 7) is 2.07. The van der Waals surface area contributed by atoms with E-state index < -0.39 is 0 Å². The number of hydrogen-bond donors (Lipinski definition) is 0. The number of hydrogen-bond acceptors (Lipinski definition) is 4. The maximum atomic E-state index is 6.08. The van der Waals surface area contributed by atoms with Gasteiger partial charge in [-0.3, -0.25) is 0 Å². The largest absolute Gasteiger partial charge is 0.496 e. The van der Waals surface area contributed by atoms with Crippen molar-refractivity contribution in [3.05, 3.63) is 69.0 Å². The van der Waals surface area contributed by atoms with Crippen LogP contribution in [0.5, 0.6) is 5.75 Å². The summed E-state index contributed by atoms with van der Waals surface area (Å²) in [5.41, 5.74) is 3.59. The molecule has 0 aliphatic heterocycles. The Labute approximate surface area is 180 Å². The third-order valence-electron chi connectivity index (χ3n) is 4.60. The monoisotopic (exact) mass is 435 g/mol. The summed E-state index contributed by atoms with van der Waals surface area (Å²) >= 11 is 13.7. The van der Waals surface area contributed by atoms with Crippen molar-refractivity contribution in [3.8, 4) is 5.75 Å². The fourth-order valence-corrected chi connectivity index (χ4v) is 4.21. The first-order valence-corrected chi connectivity index (χ1v) is 10.8. The Kier molecular flexibility index (Phi) is 7.27. The lowest BCUT2D eigenvalue weighted by Gasteiger charge is -2.08. The molecule has 4 nitrogen and oxygen atoms in total. The molecule has 0 fully saturated rings. The fraction of sp³-hybridized carbons (Fsp3) is 0.333. The molecule has 7 heteroatoms. The third-order valence-corrected chi connectivity index (χ3v) is 6.43. The molecule has 28 heavy (non-hydrogen) atoms. The van der Waals surface area contributed by atoms with Crippen LogP contribution in [0, 0.1) is 6.92 Å². The number of ether oxygens (including phenoxy) is 1. The molecule has 2 aromatic carbocycles. The summed E-state index contributed by atoms with van der Waals surface area (Å²) in [5, 5.41) is 10.7. The van der Waals surface area contributed by atoms with Crippen molar-refractivity contribution in [1.29, 1.82) is 0 Å². The van der Waals surface area contributed by atoms with Gasteiger partial charge < -0.3 is 9.30 Å². The van der Waals surface area contributed by atoms with Gasteiger partial charge >= 0.3 is 0 Å². The van der Waals surface area contributed by atoms with E-state index in [1.807, 2.05) is 31.3 Å². The summed E-state index contributed by atoms with van der Waals surface area (Å²) < 4.78 is 7.39. The van der Waals surface area contributed by atoms with Gasteiger partial charge in [0.15, 0.2) is 5.16 Å². The normalized spacial score (nSPS) is 11.0. The van der Waals surface area contributed by atoms with Crippen molar-refractivity contribution in [2.75, 3.05) is 7.11 Å². The van der Waals surface area contributed by atoms with Crippen LogP contribution in [0.3, 0.4) is 0 Å². The second-order valence-electron chi connectivity index (χ2n) is 6.65. The summed E-state index contributed by atoms with van der Waals surface area (Å²) in [5.74, 6) is 2.70. The molecule has 0 radical (unpaired) electrons. The van der Waals surface area contributed by atoms with E-state index in [1.165, 1.54) is 11.1 Å². The van der Waals surface area contributed by atoms with Crippen molar-refractivity contribution in [2.24, 2.45) is 7.05 Å². The van der Waals surface area contributed by atoms with Crippen LogP contribution in [0.1, 0.15) is 28.9 Å². The van der Waals surface area contributed by atoms with Crippen LogP contribution < -0.4 is 4.74 Å². The van der Waals surface area contributed by atoms with Gasteiger partial charge in [-0.1, -0.05) is 53.2 Å². The number of thioether (sulfide) groups is 1. The Bertz CT molecular complexity index is 959. The molecule has 0 aliphatic carbocycles. The van der Waals surface area contributed by atoms with Crippen LogP contribution in [0.4, 0.5) is 0 Å². The van der Waals surface area contributed by atoms with Crippen LogP contribution in [-0.4, -0.2) is 21.9 Å². The molecule has 0 amide bonds. The molecule has 0 saturated carbocycles. The Morgan fingerprint density at radius 1 is 1.00 bits per heavy atom. The highest BCUT2D eigenvalue weighted by molar-refractivity contribution is 7.98. The number of aryl methyl sites for hydroxylation is 3. The van der Waals surface area contributed by atoms with Gasteiger partial charge in [-0.05, 0) is 54.7 Å². The van der Waals surface area contributed by atoms with Gasteiger partial charge in [0.2, 0.25) is 0 Å². The molecular formula is C21H23Cl2N3OS. The number of methoxy groups -OCH3 is 1. The molecule has 1 aromatic heterocycles. The zero-order chi connectivity index (χ0) is 20.1. The number of rotatable bonds is 8. The number of halogens is 2. The summed E-state index contributed by atoms with van der Waals surface area (Å²) in [6, 6.07) is 12.0. The average Bonchev–Trinajstić information content (AvgIpc) is 3.03. The zero-order valence-corrected chi connectivity index (χ0v) is 18.5. The molecule has 0 N–H and O–H groups in total. The van der Waals surface area contributed by atoms with Crippen molar-refractivity contribution in [3.63, 3.8) is 0 Å². The molecule has 0 saturated heterocycles. The smallest absolute Gasteiger partial charge is 0.191 e. The zero-order valence-electron chi connectivity index (χ0n) is 16.2. The van der Waals surface area contributed by atoms with E-state index in [0.717, 1.165) is 47.3 Å². The van der Waals surface area contributed by atoms with Crippen molar-refractivity contribution < 1.29 is 4.74 Å². The molecule has 148 valence electrons. The van der Waals surface area contributed by atoms with E-state index in [9.17, 15) is 0 Å². The quantitative estimate of drug-likeness (QED) is 0.412. The van der Waals surface area contributed by atoms with E-state index in [-0.39, 0.29) is 0 Å². The van der Waals surface area contributed by atoms with Crippen LogP contribution in [0.2, 0.25) is 10.0 Å². The van der Waals surface area contributed by atoms with Crippen LogP contribution in [0.25, 0.3) is 0 Å². The van der Waals surface area contributed by atoms with Gasteiger partial charge in [0.25, 0.3) is 0 Å². The minimum atomic E-state index is 0.573. The average molecular weight is 436 g/mol. The SMILES string of the molecule is COc1ccc(CCCc2nnc(SCc3ccc(Cl)c(Cl)c3)n2C)cc1C. The Hall–Kier alpha value is -1.69. The molecule has 0 spiro atoms. The molecule has 3 rings (SSSR count). The van der Waals surface area contributed by atoms with Gasteiger partial charge in [-0.25, -0.2) is 0 Å². The Morgan fingerprint density at radius 3 is 2.50 bits per heavy atom. The maximum Gasteiger partial charge on any atom is 0.191 e. The van der Waals surface area contributed by atoms with Crippen LogP contribution in [0.15, 0.2) is 41.6 Å². The second-order valence-corrected chi connectivity index (χ2v) is 8.41.